The number of rotatable bonds is 9. The van der Waals surface area contributed by atoms with Gasteiger partial charge in [-0.25, -0.2) is 4.79 Å². The predicted molar refractivity (Wildman–Crippen MR) is 139 cm³/mol. The average molecular weight is 507 g/mol. The van der Waals surface area contributed by atoms with Crippen LogP contribution in [0.3, 0.4) is 0 Å². The lowest BCUT2D eigenvalue weighted by Gasteiger charge is -2.30. The summed E-state index contributed by atoms with van der Waals surface area (Å²) in [6.07, 6.45) is 0.614. The fraction of sp³-hybridized carbons (Fsp3) is 0.357. The molecule has 0 saturated carbocycles. The molecule has 1 aromatic heterocycles. The molecule has 0 aliphatic rings. The van der Waals surface area contributed by atoms with Crippen LogP contribution >= 0.6 is 11.6 Å². The van der Waals surface area contributed by atoms with E-state index < -0.39 is 17.5 Å². The fourth-order valence-corrected chi connectivity index (χ4v) is 4.18. The quantitative estimate of drug-likeness (QED) is 0.402. The highest BCUT2D eigenvalue weighted by molar-refractivity contribution is 6.30. The van der Waals surface area contributed by atoms with Crippen LogP contribution in [0.5, 0.6) is 0 Å². The molecule has 3 aromatic rings. The summed E-state index contributed by atoms with van der Waals surface area (Å²) in [6.45, 7) is 9.23. The first kappa shape index (κ1) is 27.0. The second-order valence-corrected chi connectivity index (χ2v) is 9.76. The molecule has 36 heavy (non-hydrogen) atoms. The minimum atomic E-state index is -1.42. The number of halogens is 1. The monoisotopic (exact) mass is 506 g/mol. The Balaban J connectivity index is 1.80. The van der Waals surface area contributed by atoms with Crippen molar-refractivity contribution >= 4 is 23.5 Å². The maximum Gasteiger partial charge on any atom is 0.357 e. The van der Waals surface area contributed by atoms with Crippen molar-refractivity contribution < 1.29 is 14.3 Å². The van der Waals surface area contributed by atoms with Crippen LogP contribution in [0.1, 0.15) is 66.5 Å². The van der Waals surface area contributed by atoms with E-state index in [1.165, 1.54) is 0 Å². The fourth-order valence-electron chi connectivity index (χ4n) is 4.06. The van der Waals surface area contributed by atoms with Crippen LogP contribution in [0.25, 0.3) is 0 Å². The number of aryl methyl sites for hydroxylation is 2. The maximum absolute atomic E-state index is 13.3. The molecule has 0 fully saturated rings. The zero-order valence-electron chi connectivity index (χ0n) is 21.2. The second-order valence-electron chi connectivity index (χ2n) is 9.32. The Bertz CT molecular complexity index is 1270. The van der Waals surface area contributed by atoms with Crippen molar-refractivity contribution in [3.63, 3.8) is 0 Å². The van der Waals surface area contributed by atoms with E-state index in [-0.39, 0.29) is 12.0 Å². The van der Waals surface area contributed by atoms with E-state index in [0.29, 0.717) is 34.9 Å². The normalized spacial score (nSPS) is 12.9. The summed E-state index contributed by atoms with van der Waals surface area (Å²) in [5.41, 5.74) is 2.10. The molecule has 1 N–H and O–H groups in total. The molecule has 2 aromatic carbocycles. The maximum atomic E-state index is 13.3. The molecule has 0 radical (unpaired) electrons. The third-order valence-corrected chi connectivity index (χ3v) is 6.33. The second kappa shape index (κ2) is 11.4. The Labute approximate surface area is 217 Å². The summed E-state index contributed by atoms with van der Waals surface area (Å²) < 4.78 is 7.18. The number of nitrogens with one attached hydrogen (secondary N) is 1. The molecular formula is C28H31ClN4O3. The number of amides is 1. The van der Waals surface area contributed by atoms with Crippen molar-refractivity contribution in [2.24, 2.45) is 0 Å². The number of carbonyl (C=O) groups excluding carboxylic acids is 2. The molecule has 0 spiro atoms. The van der Waals surface area contributed by atoms with Crippen molar-refractivity contribution in [2.45, 2.75) is 65.1 Å². The summed E-state index contributed by atoms with van der Waals surface area (Å²) >= 11 is 6.05. The van der Waals surface area contributed by atoms with Crippen molar-refractivity contribution in [3.05, 3.63) is 87.7 Å². The van der Waals surface area contributed by atoms with E-state index >= 15 is 0 Å². The summed E-state index contributed by atoms with van der Waals surface area (Å²) in [5.74, 6) is -1.16. The van der Waals surface area contributed by atoms with Crippen molar-refractivity contribution in [1.82, 2.24) is 15.1 Å². The smallest absolute Gasteiger partial charge is 0.357 e. The highest BCUT2D eigenvalue weighted by Crippen LogP contribution is 2.27. The van der Waals surface area contributed by atoms with Crippen LogP contribution in [0.15, 0.2) is 54.6 Å². The molecule has 0 aliphatic carbocycles. The molecule has 2 atom stereocenters. The first-order valence-electron chi connectivity index (χ1n) is 11.9. The lowest BCUT2D eigenvalue weighted by atomic mass is 9.85. The highest BCUT2D eigenvalue weighted by atomic mass is 35.5. The van der Waals surface area contributed by atoms with Crippen LogP contribution in [-0.4, -0.2) is 33.3 Å². The van der Waals surface area contributed by atoms with Gasteiger partial charge in [0.25, 0.3) is 5.91 Å². The van der Waals surface area contributed by atoms with Crippen LogP contribution in [0.2, 0.25) is 5.02 Å². The molecule has 188 valence electrons. The molecule has 0 unspecified atom stereocenters. The largest absolute Gasteiger partial charge is 0.445 e. The van der Waals surface area contributed by atoms with E-state index in [0.717, 1.165) is 11.1 Å². The number of aromatic nitrogens is 2. The van der Waals surface area contributed by atoms with Gasteiger partial charge in [0.2, 0.25) is 0 Å². The van der Waals surface area contributed by atoms with Crippen LogP contribution in [0, 0.1) is 18.3 Å². The van der Waals surface area contributed by atoms with Crippen LogP contribution < -0.4 is 5.32 Å². The number of carbonyl (C=O) groups is 2. The lowest BCUT2D eigenvalue weighted by molar-refractivity contribution is -0.138. The van der Waals surface area contributed by atoms with E-state index in [1.54, 1.807) is 37.6 Å². The summed E-state index contributed by atoms with van der Waals surface area (Å²) in [4.78, 5) is 26.1. The average Bonchev–Trinajstić information content (AvgIpc) is 3.24. The van der Waals surface area contributed by atoms with Crippen molar-refractivity contribution in [2.75, 3.05) is 0 Å². The topological polar surface area (TPSA) is 97.0 Å². The van der Waals surface area contributed by atoms with Crippen molar-refractivity contribution in [1.29, 1.82) is 5.26 Å². The molecule has 1 amide bonds. The summed E-state index contributed by atoms with van der Waals surface area (Å²) in [6, 6.07) is 18.4. The minimum absolute atomic E-state index is 0.140. The van der Waals surface area contributed by atoms with E-state index in [4.69, 9.17) is 16.3 Å². The number of hydrogen-bond donors (Lipinski definition) is 1. The van der Waals surface area contributed by atoms with Gasteiger partial charge in [-0.1, -0.05) is 35.9 Å². The Morgan fingerprint density at radius 2 is 1.89 bits per heavy atom. The number of ether oxygens (including phenoxy) is 1. The van der Waals surface area contributed by atoms with E-state index in [2.05, 4.69) is 16.5 Å². The molecule has 8 heteroatoms. The molecule has 0 aliphatic heterocycles. The van der Waals surface area contributed by atoms with Gasteiger partial charge in [-0.3, -0.25) is 9.48 Å². The Morgan fingerprint density at radius 3 is 2.53 bits per heavy atom. The molecule has 0 bridgehead atoms. The number of hydrogen-bond acceptors (Lipinski definition) is 5. The number of nitriles is 1. The summed E-state index contributed by atoms with van der Waals surface area (Å²) in [5, 5.41) is 17.3. The Hall–Kier alpha value is -3.63. The third kappa shape index (κ3) is 6.52. The number of nitrogens with zero attached hydrogens (tertiary/aromatic N) is 3. The van der Waals surface area contributed by atoms with Gasteiger partial charge in [0.1, 0.15) is 5.69 Å². The number of benzene rings is 2. The minimum Gasteiger partial charge on any atom is -0.445 e. The van der Waals surface area contributed by atoms with Gasteiger partial charge in [-0.2, -0.15) is 10.4 Å². The Morgan fingerprint density at radius 1 is 1.19 bits per heavy atom. The third-order valence-electron chi connectivity index (χ3n) is 6.08. The van der Waals surface area contributed by atoms with Gasteiger partial charge in [0.05, 0.1) is 17.3 Å². The van der Waals surface area contributed by atoms with Gasteiger partial charge in [-0.15, -0.1) is 0 Å². The highest BCUT2D eigenvalue weighted by Gasteiger charge is 2.35. The molecule has 3 rings (SSSR count). The van der Waals surface area contributed by atoms with Gasteiger partial charge in [-0.05, 0) is 82.5 Å². The van der Waals surface area contributed by atoms with Crippen LogP contribution in [0.4, 0.5) is 0 Å². The van der Waals surface area contributed by atoms with Crippen molar-refractivity contribution in [3.8, 4) is 6.07 Å². The Kier molecular flexibility index (Phi) is 8.54. The zero-order chi connectivity index (χ0) is 26.5. The summed E-state index contributed by atoms with van der Waals surface area (Å²) in [7, 11) is 0. The van der Waals surface area contributed by atoms with E-state index in [9.17, 15) is 14.9 Å². The molecule has 7 nitrogen and oxygen atoms in total. The molecule has 0 saturated heterocycles. The molecule has 1 heterocycles. The predicted octanol–water partition coefficient (Wildman–Crippen LogP) is 5.20. The van der Waals surface area contributed by atoms with Crippen LogP contribution in [-0.2, 0) is 22.5 Å². The van der Waals surface area contributed by atoms with Gasteiger partial charge in [0.15, 0.2) is 5.60 Å². The van der Waals surface area contributed by atoms with Gasteiger partial charge < -0.3 is 10.1 Å². The molecular weight excluding hydrogens is 476 g/mol. The SMILES string of the molecule is CCn1nc(C)cc1C(=O)OC(C)(C)C(=O)N[C@@H](C)[C@@H](Cc1ccc(Cl)cc1)c1cccc(C#N)c1. The standard InChI is InChI=1S/C28H31ClN4O3/c1-6-33-25(14-18(2)32-33)26(34)36-28(4,5)27(35)31-19(3)24(16-20-10-12-23(29)13-11-20)22-9-7-8-21(15-22)17-30/h7-15,19,24H,6,16H2,1-5H3,(H,31,35)/t19-,24+/m0/s1. The van der Waals surface area contributed by atoms with E-state index in [1.807, 2.05) is 56.3 Å². The van der Waals surface area contributed by atoms with Gasteiger partial charge in [0, 0.05) is 23.5 Å². The lowest BCUT2D eigenvalue weighted by Crippen LogP contribution is -2.50. The zero-order valence-corrected chi connectivity index (χ0v) is 22.0. The first-order chi connectivity index (χ1) is 17.0. The number of esters is 1. The van der Waals surface area contributed by atoms with Gasteiger partial charge >= 0.3 is 5.97 Å². The first-order valence-corrected chi connectivity index (χ1v) is 12.2.